The van der Waals surface area contributed by atoms with Crippen LogP contribution in [0.4, 0.5) is 0 Å². The number of hydrogen-bond acceptors (Lipinski definition) is 4. The maximum atomic E-state index is 10.3. The van der Waals surface area contributed by atoms with E-state index < -0.39 is 19.8 Å². The van der Waals surface area contributed by atoms with Gasteiger partial charge in [-0.1, -0.05) is 0 Å². The zero-order chi connectivity index (χ0) is 8.36. The first kappa shape index (κ1) is 9.58. The predicted octanol–water partition coefficient (Wildman–Crippen LogP) is -1.03. The molecule has 0 heterocycles. The van der Waals surface area contributed by atoms with Gasteiger partial charge in [-0.2, -0.15) is 0 Å². The van der Waals surface area contributed by atoms with Gasteiger partial charge in [0.25, 0.3) is 0 Å². The number of rotatable bonds is 2. The standard InChI is InChI=1S/C3H8NO5P/c1-2(4)3(5)9-10(6,7)8/h2H,4H2,1H3,(H2,6,7,8)/t2-/m0/s1. The molecule has 0 aliphatic carbocycles. The normalized spacial score (nSPS) is 14.4. The average molecular weight is 169 g/mol. The molecule has 0 aromatic heterocycles. The molecule has 0 bridgehead atoms. The van der Waals surface area contributed by atoms with Crippen LogP contribution in [0.15, 0.2) is 0 Å². The van der Waals surface area contributed by atoms with Crippen LogP contribution in [0.25, 0.3) is 0 Å². The van der Waals surface area contributed by atoms with Gasteiger partial charge < -0.3 is 10.3 Å². The molecule has 0 radical (unpaired) electrons. The van der Waals surface area contributed by atoms with Crippen molar-refractivity contribution in [1.29, 1.82) is 0 Å². The fourth-order valence-electron chi connectivity index (χ4n) is 0.200. The van der Waals surface area contributed by atoms with Crippen molar-refractivity contribution in [3.05, 3.63) is 0 Å². The molecule has 1 atom stereocenters. The lowest BCUT2D eigenvalue weighted by molar-refractivity contribution is -0.136. The van der Waals surface area contributed by atoms with Gasteiger partial charge in [0.2, 0.25) is 0 Å². The van der Waals surface area contributed by atoms with Gasteiger partial charge in [-0.05, 0) is 6.92 Å². The van der Waals surface area contributed by atoms with E-state index in [0.717, 1.165) is 0 Å². The quantitative estimate of drug-likeness (QED) is 0.456. The van der Waals surface area contributed by atoms with Crippen LogP contribution in [0.1, 0.15) is 6.92 Å². The Morgan fingerprint density at radius 2 is 2.10 bits per heavy atom. The largest absolute Gasteiger partial charge is 0.527 e. The molecule has 0 aromatic rings. The van der Waals surface area contributed by atoms with Crippen LogP contribution in [-0.2, 0) is 13.9 Å². The van der Waals surface area contributed by atoms with Crippen molar-refractivity contribution in [3.8, 4) is 0 Å². The lowest BCUT2D eigenvalue weighted by atomic mass is 10.4. The second kappa shape index (κ2) is 3.12. The van der Waals surface area contributed by atoms with Gasteiger partial charge in [-0.15, -0.1) is 0 Å². The zero-order valence-electron chi connectivity index (χ0n) is 5.22. The molecule has 0 aliphatic rings. The van der Waals surface area contributed by atoms with E-state index in [0.29, 0.717) is 0 Å². The Balaban J connectivity index is 3.94. The molecule has 60 valence electrons. The van der Waals surface area contributed by atoms with Gasteiger partial charge in [0.15, 0.2) is 0 Å². The smallest absolute Gasteiger partial charge is 0.369 e. The minimum Gasteiger partial charge on any atom is -0.369 e. The SMILES string of the molecule is C[C@H](N)C(=O)OP(=O)(O)O. The number of carbonyl (C=O) groups excluding carboxylic acids is 1. The third-order valence-corrected chi connectivity index (χ3v) is 0.998. The molecule has 10 heavy (non-hydrogen) atoms. The van der Waals surface area contributed by atoms with Gasteiger partial charge in [0.05, 0.1) is 0 Å². The molecular formula is C3H8NO5P. The fraction of sp³-hybridized carbons (Fsp3) is 0.667. The molecule has 0 fully saturated rings. The fourth-order valence-corrected chi connectivity index (χ4v) is 0.601. The highest BCUT2D eigenvalue weighted by Crippen LogP contribution is 2.35. The van der Waals surface area contributed by atoms with E-state index in [2.05, 4.69) is 4.52 Å². The lowest BCUT2D eigenvalue weighted by Gasteiger charge is -2.06. The Bertz CT molecular complexity index is 172. The summed E-state index contributed by atoms with van der Waals surface area (Å²) in [5, 5.41) is 0. The minimum absolute atomic E-state index is 1.02. The molecule has 0 amide bonds. The van der Waals surface area contributed by atoms with Crippen molar-refractivity contribution in [2.45, 2.75) is 13.0 Å². The summed E-state index contributed by atoms with van der Waals surface area (Å²) in [5.41, 5.74) is 4.93. The van der Waals surface area contributed by atoms with Crippen LogP contribution in [0.2, 0.25) is 0 Å². The number of phosphoric ester groups is 1. The van der Waals surface area contributed by atoms with Crippen molar-refractivity contribution in [2.75, 3.05) is 0 Å². The van der Waals surface area contributed by atoms with E-state index in [1.165, 1.54) is 6.92 Å². The molecule has 0 unspecified atom stereocenters. The Morgan fingerprint density at radius 1 is 1.70 bits per heavy atom. The first-order valence-electron chi connectivity index (χ1n) is 2.37. The molecule has 7 heteroatoms. The van der Waals surface area contributed by atoms with Gasteiger partial charge in [0.1, 0.15) is 6.04 Å². The molecule has 0 spiro atoms. The summed E-state index contributed by atoms with van der Waals surface area (Å²) in [4.78, 5) is 26.4. The number of hydrogen-bond donors (Lipinski definition) is 3. The predicted molar refractivity (Wildman–Crippen MR) is 31.8 cm³/mol. The molecule has 0 saturated heterocycles. The lowest BCUT2D eigenvalue weighted by Crippen LogP contribution is -2.27. The summed E-state index contributed by atoms with van der Waals surface area (Å²) in [6.07, 6.45) is 0. The molecule has 0 saturated carbocycles. The highest BCUT2D eigenvalue weighted by molar-refractivity contribution is 7.46. The van der Waals surface area contributed by atoms with Crippen molar-refractivity contribution < 1.29 is 23.7 Å². The number of nitrogens with two attached hydrogens (primary N) is 1. The summed E-state index contributed by atoms with van der Waals surface area (Å²) in [5.74, 6) is -1.12. The van der Waals surface area contributed by atoms with E-state index in [1.807, 2.05) is 0 Å². The average Bonchev–Trinajstić information content (AvgIpc) is 1.60. The molecule has 0 aromatic carbocycles. The van der Waals surface area contributed by atoms with Crippen LogP contribution in [-0.4, -0.2) is 21.8 Å². The van der Waals surface area contributed by atoms with E-state index >= 15 is 0 Å². The first-order valence-corrected chi connectivity index (χ1v) is 3.90. The third-order valence-electron chi connectivity index (χ3n) is 0.581. The Morgan fingerprint density at radius 3 is 2.20 bits per heavy atom. The van der Waals surface area contributed by atoms with Crippen LogP contribution in [0, 0.1) is 0 Å². The Labute approximate surface area is 57.2 Å². The topological polar surface area (TPSA) is 110 Å². The third kappa shape index (κ3) is 4.46. The van der Waals surface area contributed by atoms with Gasteiger partial charge in [0, 0.05) is 0 Å². The van der Waals surface area contributed by atoms with Crippen LogP contribution in [0.3, 0.4) is 0 Å². The van der Waals surface area contributed by atoms with E-state index in [9.17, 15) is 9.36 Å². The van der Waals surface area contributed by atoms with Crippen molar-refractivity contribution in [3.63, 3.8) is 0 Å². The first-order chi connectivity index (χ1) is 4.33. The molecule has 6 nitrogen and oxygen atoms in total. The van der Waals surface area contributed by atoms with Crippen molar-refractivity contribution in [2.24, 2.45) is 5.73 Å². The Kier molecular flexibility index (Phi) is 2.98. The number of phosphoric acid groups is 1. The summed E-state index contributed by atoms with van der Waals surface area (Å²) in [7, 11) is -4.71. The maximum Gasteiger partial charge on any atom is 0.527 e. The molecule has 4 N–H and O–H groups in total. The van der Waals surface area contributed by atoms with Gasteiger partial charge in [-0.3, -0.25) is 9.79 Å². The second-order valence-electron chi connectivity index (χ2n) is 1.69. The highest BCUT2D eigenvalue weighted by atomic mass is 31.2. The monoisotopic (exact) mass is 169 g/mol. The van der Waals surface area contributed by atoms with E-state index in [-0.39, 0.29) is 0 Å². The van der Waals surface area contributed by atoms with E-state index in [1.54, 1.807) is 0 Å². The summed E-state index contributed by atoms with van der Waals surface area (Å²) < 4.78 is 13.5. The molecular weight excluding hydrogens is 161 g/mol. The van der Waals surface area contributed by atoms with Gasteiger partial charge in [-0.25, -0.2) is 9.36 Å². The van der Waals surface area contributed by atoms with Crippen molar-refractivity contribution >= 4 is 13.8 Å². The zero-order valence-corrected chi connectivity index (χ0v) is 6.12. The summed E-state index contributed by atoms with van der Waals surface area (Å²) >= 11 is 0. The van der Waals surface area contributed by atoms with E-state index in [4.69, 9.17) is 15.5 Å². The summed E-state index contributed by atoms with van der Waals surface area (Å²) in [6, 6.07) is -1.02. The van der Waals surface area contributed by atoms with Crippen molar-refractivity contribution in [1.82, 2.24) is 0 Å². The Hall–Kier alpha value is -0.420. The second-order valence-corrected chi connectivity index (χ2v) is 2.85. The number of carbonyl (C=O) groups is 1. The summed E-state index contributed by atoms with van der Waals surface area (Å²) in [6.45, 7) is 1.26. The molecule has 0 aliphatic heterocycles. The minimum atomic E-state index is -4.71. The maximum absolute atomic E-state index is 10.3. The van der Waals surface area contributed by atoms with Gasteiger partial charge >= 0.3 is 13.8 Å². The van der Waals surface area contributed by atoms with Crippen LogP contribution >= 0.6 is 7.82 Å². The van der Waals surface area contributed by atoms with Crippen LogP contribution in [0.5, 0.6) is 0 Å². The molecule has 0 rings (SSSR count). The highest BCUT2D eigenvalue weighted by Gasteiger charge is 2.22. The van der Waals surface area contributed by atoms with Crippen LogP contribution < -0.4 is 5.73 Å².